The number of ether oxygens (including phenoxy) is 5. The normalized spacial score (nSPS) is 33.8. The Kier molecular flexibility index (Phi) is 7.17. The molecular weight excluding hydrogens is 684 g/mol. The molecule has 5 heterocycles. The van der Waals surface area contributed by atoms with E-state index in [4.69, 9.17) is 28.1 Å². The van der Waals surface area contributed by atoms with Gasteiger partial charge in [-0.15, -0.1) is 0 Å². The monoisotopic (exact) mass is 728 g/mol. The van der Waals surface area contributed by atoms with Crippen molar-refractivity contribution in [1.82, 2.24) is 4.98 Å². The minimum Gasteiger partial charge on any atom is -0.483 e. The smallest absolute Gasteiger partial charge is 0.351 e. The summed E-state index contributed by atoms with van der Waals surface area (Å²) in [7, 11) is 0. The van der Waals surface area contributed by atoms with Gasteiger partial charge < -0.3 is 33.4 Å². The van der Waals surface area contributed by atoms with Crippen LogP contribution in [-0.4, -0.2) is 51.8 Å². The fourth-order valence-electron chi connectivity index (χ4n) is 9.36. The molecule has 280 valence electrons. The molecule has 2 aliphatic carbocycles. The van der Waals surface area contributed by atoms with E-state index in [-0.39, 0.29) is 46.4 Å². The molecule has 2 aromatic heterocycles. The molecule has 13 heteroatoms. The third-order valence-corrected chi connectivity index (χ3v) is 14.0. The number of carbonyl (C=O) groups excluding carboxylic acids is 4. The number of anilines is 1. The maximum atomic E-state index is 14.7. The zero-order valence-electron chi connectivity index (χ0n) is 31.2. The number of rotatable bonds is 7. The van der Waals surface area contributed by atoms with Gasteiger partial charge in [0.2, 0.25) is 11.2 Å². The van der Waals surface area contributed by atoms with E-state index in [0.717, 1.165) is 5.56 Å². The van der Waals surface area contributed by atoms with E-state index in [1.165, 1.54) is 6.07 Å². The van der Waals surface area contributed by atoms with Crippen LogP contribution in [0.2, 0.25) is 0 Å². The van der Waals surface area contributed by atoms with Gasteiger partial charge in [0, 0.05) is 35.8 Å². The fraction of sp³-hybridized carbons (Fsp3) is 0.550. The van der Waals surface area contributed by atoms with Gasteiger partial charge in [0.1, 0.15) is 11.4 Å². The van der Waals surface area contributed by atoms with Gasteiger partial charge >= 0.3 is 23.9 Å². The number of carbonyl (C=O) groups is 4. The first-order valence-electron chi connectivity index (χ1n) is 18.1. The topological polar surface area (TPSA) is 170 Å². The second-order valence-corrected chi connectivity index (χ2v) is 17.2. The van der Waals surface area contributed by atoms with Gasteiger partial charge in [0.05, 0.1) is 21.8 Å². The van der Waals surface area contributed by atoms with Crippen LogP contribution in [0.4, 0.5) is 5.88 Å². The van der Waals surface area contributed by atoms with Crippen molar-refractivity contribution in [3.63, 3.8) is 0 Å². The summed E-state index contributed by atoms with van der Waals surface area (Å²) in [5.74, 6) is -2.22. The van der Waals surface area contributed by atoms with Crippen molar-refractivity contribution in [2.24, 2.45) is 21.7 Å². The first-order chi connectivity index (χ1) is 24.7. The van der Waals surface area contributed by atoms with Crippen molar-refractivity contribution in [3.8, 4) is 5.75 Å². The Morgan fingerprint density at radius 3 is 1.87 bits per heavy atom. The van der Waals surface area contributed by atoms with Gasteiger partial charge in [0.15, 0.2) is 29.1 Å². The zero-order chi connectivity index (χ0) is 38.1. The summed E-state index contributed by atoms with van der Waals surface area (Å²) in [5, 5.41) is 3.31. The molecule has 0 radical (unpaired) electrons. The van der Waals surface area contributed by atoms with E-state index >= 15 is 0 Å². The Balaban J connectivity index is 1.25. The molecule has 8 rings (SSSR count). The molecule has 2 unspecified atom stereocenters. The maximum Gasteiger partial charge on any atom is 0.351 e. The molecule has 1 N–H and O–H groups in total. The summed E-state index contributed by atoms with van der Waals surface area (Å²) < 4.78 is 37.5. The predicted molar refractivity (Wildman–Crippen MR) is 187 cm³/mol. The lowest BCUT2D eigenvalue weighted by Crippen LogP contribution is -2.57. The van der Waals surface area contributed by atoms with Crippen LogP contribution in [0.1, 0.15) is 98.3 Å². The fourth-order valence-corrected chi connectivity index (χ4v) is 9.36. The summed E-state index contributed by atoms with van der Waals surface area (Å²) in [6.45, 7) is 14.5. The Labute approximate surface area is 306 Å². The number of nitrogens with zero attached hydrogens (tertiary/aromatic N) is 1. The first kappa shape index (κ1) is 35.1. The van der Waals surface area contributed by atoms with Crippen LogP contribution in [0.25, 0.3) is 11.0 Å². The van der Waals surface area contributed by atoms with Crippen LogP contribution in [0.3, 0.4) is 0 Å². The van der Waals surface area contributed by atoms with Gasteiger partial charge in [-0.25, -0.2) is 9.59 Å². The number of pyridine rings is 1. The molecule has 3 aliphatic heterocycles. The number of aromatic nitrogens is 1. The van der Waals surface area contributed by atoms with Crippen LogP contribution in [0.5, 0.6) is 5.75 Å². The van der Waals surface area contributed by atoms with Crippen molar-refractivity contribution in [1.29, 1.82) is 0 Å². The average molecular weight is 729 g/mol. The number of benzene rings is 1. The van der Waals surface area contributed by atoms with Crippen molar-refractivity contribution < 1.29 is 47.3 Å². The Morgan fingerprint density at radius 1 is 0.774 bits per heavy atom. The van der Waals surface area contributed by atoms with Gasteiger partial charge in [-0.05, 0) is 83.2 Å². The molecule has 4 fully saturated rings. The quantitative estimate of drug-likeness (QED) is 0.232. The van der Waals surface area contributed by atoms with Crippen molar-refractivity contribution >= 4 is 40.7 Å². The van der Waals surface area contributed by atoms with Crippen LogP contribution >= 0.6 is 0 Å². The molecule has 13 nitrogen and oxygen atoms in total. The highest BCUT2D eigenvalue weighted by Crippen LogP contribution is 2.67. The highest BCUT2D eigenvalue weighted by molar-refractivity contribution is 5.95. The SMILES string of the molecule is CC1(C)Oc2ccc3c(=O)cc(NCc4ccncc4)oc3c2[C@@H](OC(=O)C23CC[C@@](C)(C(=O)O2)C3(C)C)[C@H]1OC(=O)C12CC[C@](C)(C(=O)O1)C2(C)C. The van der Waals surface area contributed by atoms with E-state index in [0.29, 0.717) is 19.4 Å². The van der Waals surface area contributed by atoms with Crippen molar-refractivity contribution in [2.75, 3.05) is 5.32 Å². The third-order valence-electron chi connectivity index (χ3n) is 14.0. The summed E-state index contributed by atoms with van der Waals surface area (Å²) >= 11 is 0. The summed E-state index contributed by atoms with van der Waals surface area (Å²) in [6.07, 6.45) is 1.83. The maximum absolute atomic E-state index is 14.7. The van der Waals surface area contributed by atoms with Gasteiger partial charge in [-0.1, -0.05) is 27.7 Å². The van der Waals surface area contributed by atoms with E-state index in [1.807, 2.05) is 39.8 Å². The standard InChI is InChI=1S/C40H44N2O11/c1-34(2)29(50-33(47)40-16-14-38(8,31(45)53-40)36(40,5)6)28(49-32(46)39-15-13-37(7,30(44)52-39)35(39,3)4)26-24(51-34)10-9-22-23(43)19-25(48-27(22)26)42-20-21-11-17-41-18-12-21/h9-12,17-19,28-29,42H,13-16,20H2,1-8H3/t28-,29-,37+,38-,39?,40?/m1/s1. The first-order valence-corrected chi connectivity index (χ1v) is 18.1. The highest BCUT2D eigenvalue weighted by atomic mass is 16.7. The van der Waals surface area contributed by atoms with Gasteiger partial charge in [0.25, 0.3) is 0 Å². The van der Waals surface area contributed by atoms with E-state index in [1.54, 1.807) is 52.2 Å². The Hall–Kier alpha value is -4.94. The number of nitrogens with one attached hydrogen (secondary N) is 1. The third kappa shape index (κ3) is 4.36. The number of hydrogen-bond acceptors (Lipinski definition) is 13. The van der Waals surface area contributed by atoms with Gasteiger partial charge in [-0.2, -0.15) is 0 Å². The van der Waals surface area contributed by atoms with Crippen LogP contribution < -0.4 is 15.5 Å². The Bertz CT molecular complexity index is 2180. The lowest BCUT2D eigenvalue weighted by atomic mass is 9.66. The summed E-state index contributed by atoms with van der Waals surface area (Å²) in [5.41, 5.74) is -7.57. The van der Waals surface area contributed by atoms with E-state index in [9.17, 15) is 24.0 Å². The average Bonchev–Trinajstić information content (AvgIpc) is 3.56. The molecule has 0 amide bonds. The molecule has 6 atom stereocenters. The largest absolute Gasteiger partial charge is 0.483 e. The minimum atomic E-state index is -1.63. The lowest BCUT2D eigenvalue weighted by molar-refractivity contribution is -0.217. The summed E-state index contributed by atoms with van der Waals surface area (Å²) in [4.78, 5) is 73.2. The molecule has 5 aliphatic rings. The number of esters is 4. The lowest BCUT2D eigenvalue weighted by Gasteiger charge is -2.45. The number of hydrogen-bond donors (Lipinski definition) is 1. The van der Waals surface area contributed by atoms with E-state index < -0.39 is 74.5 Å². The molecule has 2 saturated carbocycles. The van der Waals surface area contributed by atoms with Crippen LogP contribution in [0.15, 0.2) is 51.9 Å². The molecule has 53 heavy (non-hydrogen) atoms. The number of fused-ring (bicyclic) bond motifs is 7. The van der Waals surface area contributed by atoms with Crippen LogP contribution in [-0.2, 0) is 44.7 Å². The zero-order valence-corrected chi connectivity index (χ0v) is 31.2. The molecular formula is C40H44N2O11. The van der Waals surface area contributed by atoms with Crippen LogP contribution in [0, 0.1) is 21.7 Å². The molecule has 0 spiro atoms. The summed E-state index contributed by atoms with van der Waals surface area (Å²) in [6, 6.07) is 8.12. The molecule has 2 saturated heterocycles. The van der Waals surface area contributed by atoms with Crippen molar-refractivity contribution in [3.05, 3.63) is 64.1 Å². The van der Waals surface area contributed by atoms with Crippen molar-refractivity contribution in [2.45, 2.75) is 117 Å². The predicted octanol–water partition coefficient (Wildman–Crippen LogP) is 5.71. The highest BCUT2D eigenvalue weighted by Gasteiger charge is 2.78. The van der Waals surface area contributed by atoms with Gasteiger partial charge in [-0.3, -0.25) is 19.4 Å². The second kappa shape index (κ2) is 10.8. The van der Waals surface area contributed by atoms with E-state index in [2.05, 4.69) is 10.3 Å². The molecule has 3 aromatic rings. The molecule has 1 aromatic carbocycles. The molecule has 4 bridgehead atoms. The minimum absolute atomic E-state index is 0.0530. The Morgan fingerprint density at radius 2 is 1.34 bits per heavy atom. The second-order valence-electron chi connectivity index (χ2n) is 17.2.